The summed E-state index contributed by atoms with van der Waals surface area (Å²) in [6.07, 6.45) is 9.78. The van der Waals surface area contributed by atoms with E-state index in [2.05, 4.69) is 16.4 Å². The molecule has 8 nitrogen and oxygen atoms in total. The maximum atomic E-state index is 13.0. The van der Waals surface area contributed by atoms with Crippen molar-refractivity contribution in [2.75, 3.05) is 11.9 Å². The molecule has 3 aromatic rings. The SMILES string of the molecule is NCCCCCCc1cc(C(=O)Nc2ccc(=O)n(CC(=O)O)c2)cc(-c2cccnc2)c1. The third-order valence-electron chi connectivity index (χ3n) is 5.22. The normalized spacial score (nSPS) is 10.7. The van der Waals surface area contributed by atoms with E-state index in [0.29, 0.717) is 17.8 Å². The van der Waals surface area contributed by atoms with Gasteiger partial charge in [0.1, 0.15) is 6.54 Å². The topological polar surface area (TPSA) is 127 Å². The summed E-state index contributed by atoms with van der Waals surface area (Å²) >= 11 is 0. The molecule has 2 aromatic heterocycles. The fourth-order valence-electron chi connectivity index (χ4n) is 3.57. The molecule has 0 atom stereocenters. The number of nitrogens with two attached hydrogens (primary N) is 1. The molecule has 1 amide bonds. The Hall–Kier alpha value is -3.78. The number of pyridine rings is 2. The molecule has 3 rings (SSSR count). The van der Waals surface area contributed by atoms with Crippen molar-refractivity contribution in [1.82, 2.24) is 9.55 Å². The summed E-state index contributed by atoms with van der Waals surface area (Å²) in [5.41, 5.74) is 8.78. The zero-order valence-corrected chi connectivity index (χ0v) is 18.4. The van der Waals surface area contributed by atoms with Crippen LogP contribution in [0, 0.1) is 0 Å². The molecule has 172 valence electrons. The van der Waals surface area contributed by atoms with Gasteiger partial charge < -0.3 is 20.7 Å². The minimum absolute atomic E-state index is 0.342. The molecule has 0 radical (unpaired) electrons. The maximum Gasteiger partial charge on any atom is 0.323 e. The Morgan fingerprint density at radius 1 is 1.03 bits per heavy atom. The second-order valence-corrected chi connectivity index (χ2v) is 7.84. The van der Waals surface area contributed by atoms with E-state index >= 15 is 0 Å². The molecule has 0 spiro atoms. The molecule has 1 aromatic carbocycles. The third kappa shape index (κ3) is 7.11. The monoisotopic (exact) mass is 448 g/mol. The molecule has 0 aliphatic heterocycles. The van der Waals surface area contributed by atoms with Gasteiger partial charge in [0.25, 0.3) is 11.5 Å². The lowest BCUT2D eigenvalue weighted by atomic mass is 9.97. The first-order chi connectivity index (χ1) is 16.0. The zero-order chi connectivity index (χ0) is 23.6. The number of carboxylic acids is 1. The first kappa shape index (κ1) is 23.9. The number of carbonyl (C=O) groups is 2. The summed E-state index contributed by atoms with van der Waals surface area (Å²) in [6.45, 7) is 0.216. The molecule has 0 aliphatic carbocycles. The Labute approximate surface area is 192 Å². The minimum atomic E-state index is -1.14. The number of amides is 1. The molecule has 33 heavy (non-hydrogen) atoms. The van der Waals surface area contributed by atoms with E-state index in [1.807, 2.05) is 18.2 Å². The van der Waals surface area contributed by atoms with Gasteiger partial charge in [-0.2, -0.15) is 0 Å². The molecule has 0 unspecified atom stereocenters. The highest BCUT2D eigenvalue weighted by atomic mass is 16.4. The van der Waals surface area contributed by atoms with E-state index < -0.39 is 18.1 Å². The quantitative estimate of drug-likeness (QED) is 0.386. The molecule has 8 heteroatoms. The van der Waals surface area contributed by atoms with Gasteiger partial charge in [-0.25, -0.2) is 0 Å². The number of aliphatic carboxylic acids is 1. The van der Waals surface area contributed by atoms with Crippen LogP contribution in [0.25, 0.3) is 11.1 Å². The van der Waals surface area contributed by atoms with Crippen molar-refractivity contribution >= 4 is 17.6 Å². The lowest BCUT2D eigenvalue weighted by Crippen LogP contribution is -2.24. The number of carboxylic acid groups (broad SMARTS) is 1. The van der Waals surface area contributed by atoms with Gasteiger partial charge in [0.15, 0.2) is 0 Å². The van der Waals surface area contributed by atoms with Crippen molar-refractivity contribution in [3.05, 3.63) is 82.5 Å². The summed E-state index contributed by atoms with van der Waals surface area (Å²) < 4.78 is 1.04. The van der Waals surface area contributed by atoms with Crippen molar-refractivity contribution in [3.8, 4) is 11.1 Å². The largest absolute Gasteiger partial charge is 0.480 e. The van der Waals surface area contributed by atoms with Crippen LogP contribution in [0.15, 0.2) is 65.8 Å². The van der Waals surface area contributed by atoms with E-state index in [1.54, 1.807) is 18.5 Å². The van der Waals surface area contributed by atoms with Crippen LogP contribution in [-0.4, -0.2) is 33.1 Å². The Morgan fingerprint density at radius 3 is 2.58 bits per heavy atom. The van der Waals surface area contributed by atoms with Crippen LogP contribution in [0.3, 0.4) is 0 Å². The van der Waals surface area contributed by atoms with Gasteiger partial charge in [-0.1, -0.05) is 25.0 Å². The van der Waals surface area contributed by atoms with Gasteiger partial charge in [-0.3, -0.25) is 19.4 Å². The highest BCUT2D eigenvalue weighted by molar-refractivity contribution is 6.05. The number of benzene rings is 1. The number of aromatic nitrogens is 2. The van der Waals surface area contributed by atoms with Crippen LogP contribution in [0.2, 0.25) is 0 Å². The zero-order valence-electron chi connectivity index (χ0n) is 18.4. The van der Waals surface area contributed by atoms with Gasteiger partial charge in [-0.05, 0) is 61.2 Å². The summed E-state index contributed by atoms with van der Waals surface area (Å²) in [5.74, 6) is -1.48. The number of carbonyl (C=O) groups excluding carboxylic acids is 1. The highest BCUT2D eigenvalue weighted by Gasteiger charge is 2.12. The lowest BCUT2D eigenvalue weighted by molar-refractivity contribution is -0.137. The van der Waals surface area contributed by atoms with Gasteiger partial charge in [0.05, 0.1) is 5.69 Å². The van der Waals surface area contributed by atoms with Crippen molar-refractivity contribution in [1.29, 1.82) is 0 Å². The Bertz CT molecular complexity index is 1160. The Balaban J connectivity index is 1.84. The number of nitrogens with zero attached hydrogens (tertiary/aromatic N) is 2. The molecular weight excluding hydrogens is 420 g/mol. The average molecular weight is 449 g/mol. The number of rotatable bonds is 11. The molecule has 0 bridgehead atoms. The number of hydrogen-bond donors (Lipinski definition) is 3. The maximum absolute atomic E-state index is 13.0. The van der Waals surface area contributed by atoms with E-state index in [4.69, 9.17) is 10.8 Å². The van der Waals surface area contributed by atoms with Crippen LogP contribution in [0.1, 0.15) is 41.6 Å². The second kappa shape index (κ2) is 11.7. The first-order valence-corrected chi connectivity index (χ1v) is 10.9. The summed E-state index contributed by atoms with van der Waals surface area (Å²) in [7, 11) is 0. The number of aryl methyl sites for hydroxylation is 1. The molecule has 0 aliphatic rings. The van der Waals surface area contributed by atoms with Gasteiger partial charge >= 0.3 is 5.97 Å². The number of anilines is 1. The standard InChI is InChI=1S/C25H28N4O4/c26-10-4-2-1-3-6-18-12-20(19-7-5-11-27-15-19)14-21(13-18)25(33)28-22-8-9-23(30)29(16-22)17-24(31)32/h5,7-9,11-16H,1-4,6,10,17,26H2,(H,28,33)(H,31,32). The van der Waals surface area contributed by atoms with Crippen molar-refractivity contribution < 1.29 is 14.7 Å². The number of hydrogen-bond acceptors (Lipinski definition) is 5. The predicted molar refractivity (Wildman–Crippen MR) is 127 cm³/mol. The van der Waals surface area contributed by atoms with E-state index in [9.17, 15) is 14.4 Å². The number of nitrogens with one attached hydrogen (secondary N) is 1. The van der Waals surface area contributed by atoms with Crippen LogP contribution < -0.4 is 16.6 Å². The van der Waals surface area contributed by atoms with Crippen LogP contribution in [-0.2, 0) is 17.8 Å². The summed E-state index contributed by atoms with van der Waals surface area (Å²) in [4.78, 5) is 40.0. The van der Waals surface area contributed by atoms with Crippen molar-refractivity contribution in [2.24, 2.45) is 5.73 Å². The fourth-order valence-corrected chi connectivity index (χ4v) is 3.57. The molecule has 0 saturated heterocycles. The second-order valence-electron chi connectivity index (χ2n) is 7.84. The van der Waals surface area contributed by atoms with Crippen molar-refractivity contribution in [3.63, 3.8) is 0 Å². The molecule has 4 N–H and O–H groups in total. The van der Waals surface area contributed by atoms with Crippen LogP contribution in [0.5, 0.6) is 0 Å². The van der Waals surface area contributed by atoms with Gasteiger partial charge in [-0.15, -0.1) is 0 Å². The lowest BCUT2D eigenvalue weighted by Gasteiger charge is -2.12. The summed E-state index contributed by atoms with van der Waals surface area (Å²) in [5, 5.41) is 11.7. The molecular formula is C25H28N4O4. The van der Waals surface area contributed by atoms with Crippen LogP contribution >= 0.6 is 0 Å². The molecule has 0 saturated carbocycles. The predicted octanol–water partition coefficient (Wildman–Crippen LogP) is 3.31. The minimum Gasteiger partial charge on any atom is -0.480 e. The Kier molecular flexibility index (Phi) is 8.49. The first-order valence-electron chi connectivity index (χ1n) is 10.9. The third-order valence-corrected chi connectivity index (χ3v) is 5.22. The highest BCUT2D eigenvalue weighted by Crippen LogP contribution is 2.24. The molecule has 2 heterocycles. The van der Waals surface area contributed by atoms with Crippen molar-refractivity contribution in [2.45, 2.75) is 38.6 Å². The Morgan fingerprint density at radius 2 is 1.85 bits per heavy atom. The summed E-state index contributed by atoms with van der Waals surface area (Å²) in [6, 6.07) is 12.2. The van der Waals surface area contributed by atoms with Crippen LogP contribution in [0.4, 0.5) is 5.69 Å². The van der Waals surface area contributed by atoms with E-state index in [1.165, 1.54) is 18.3 Å². The average Bonchev–Trinajstić information content (AvgIpc) is 2.81. The van der Waals surface area contributed by atoms with Gasteiger partial charge in [0.2, 0.25) is 0 Å². The fraction of sp³-hybridized carbons (Fsp3) is 0.280. The van der Waals surface area contributed by atoms with Gasteiger partial charge in [0, 0.05) is 35.8 Å². The van der Waals surface area contributed by atoms with E-state index in [-0.39, 0.29) is 5.91 Å². The molecule has 0 fully saturated rings. The number of unbranched alkanes of at least 4 members (excludes halogenated alkanes) is 3. The van der Waals surface area contributed by atoms with E-state index in [0.717, 1.165) is 53.4 Å². The smallest absolute Gasteiger partial charge is 0.323 e.